The smallest absolute Gasteiger partial charge is 0.297 e. The molecular weight excluding hydrogens is 449 g/mol. The zero-order valence-electron chi connectivity index (χ0n) is 20.1. The zero-order chi connectivity index (χ0) is 24.3. The van der Waals surface area contributed by atoms with Crippen molar-refractivity contribution < 1.29 is 9.09 Å². The van der Waals surface area contributed by atoms with E-state index in [0.717, 1.165) is 22.3 Å². The summed E-state index contributed by atoms with van der Waals surface area (Å²) < 4.78 is 23.6. The van der Waals surface area contributed by atoms with Crippen LogP contribution in [-0.2, 0) is 14.6 Å². The third kappa shape index (κ3) is 4.00. The molecule has 1 saturated heterocycles. The molecule has 5 rings (SSSR count). The van der Waals surface area contributed by atoms with Crippen LogP contribution < -0.4 is 0 Å². The van der Waals surface area contributed by atoms with Gasteiger partial charge in [-0.3, -0.25) is 4.57 Å². The SMILES string of the molecule is C/C=C/P1(=O)O[C@H](c2ccccc2)[C@H](C)N1C(c1ccccc1)(c1ccccc1)c1ccccc1. The van der Waals surface area contributed by atoms with Crippen molar-refractivity contribution in [3.8, 4) is 0 Å². The van der Waals surface area contributed by atoms with Crippen molar-refractivity contribution in [1.29, 1.82) is 0 Å². The summed E-state index contributed by atoms with van der Waals surface area (Å²) in [6, 6.07) is 41.1. The van der Waals surface area contributed by atoms with Gasteiger partial charge in [-0.2, -0.15) is 0 Å². The van der Waals surface area contributed by atoms with Gasteiger partial charge >= 0.3 is 0 Å². The molecule has 0 amide bonds. The van der Waals surface area contributed by atoms with Crippen LogP contribution in [0.2, 0.25) is 0 Å². The Morgan fingerprint density at radius 2 is 1.11 bits per heavy atom. The fourth-order valence-corrected chi connectivity index (χ4v) is 8.12. The first-order valence-electron chi connectivity index (χ1n) is 12.0. The molecule has 0 radical (unpaired) electrons. The number of hydrogen-bond acceptors (Lipinski definition) is 2. The van der Waals surface area contributed by atoms with Crippen molar-refractivity contribution >= 4 is 7.52 Å². The van der Waals surface area contributed by atoms with E-state index in [2.05, 4.69) is 60.1 Å². The van der Waals surface area contributed by atoms with Gasteiger partial charge in [0, 0.05) is 11.9 Å². The predicted octanol–water partition coefficient (Wildman–Crippen LogP) is 8.17. The molecule has 35 heavy (non-hydrogen) atoms. The van der Waals surface area contributed by atoms with Crippen LogP contribution in [0.4, 0.5) is 0 Å². The van der Waals surface area contributed by atoms with Crippen molar-refractivity contribution in [1.82, 2.24) is 4.67 Å². The number of nitrogens with zero attached hydrogens (tertiary/aromatic N) is 1. The minimum absolute atomic E-state index is 0.181. The Morgan fingerprint density at radius 1 is 0.714 bits per heavy atom. The molecule has 1 unspecified atom stereocenters. The molecule has 1 heterocycles. The maximum atomic E-state index is 14.9. The molecule has 0 N–H and O–H groups in total. The Morgan fingerprint density at radius 3 is 1.51 bits per heavy atom. The summed E-state index contributed by atoms with van der Waals surface area (Å²) in [7, 11) is -3.42. The van der Waals surface area contributed by atoms with E-state index in [1.807, 2.05) is 85.8 Å². The van der Waals surface area contributed by atoms with Crippen molar-refractivity contribution in [3.05, 3.63) is 155 Å². The van der Waals surface area contributed by atoms with Gasteiger partial charge in [-0.25, -0.2) is 4.67 Å². The molecule has 1 fully saturated rings. The largest absolute Gasteiger partial charge is 0.305 e. The molecule has 0 saturated carbocycles. The van der Waals surface area contributed by atoms with Crippen LogP contribution in [0.15, 0.2) is 133 Å². The van der Waals surface area contributed by atoms with Gasteiger partial charge in [0.15, 0.2) is 0 Å². The Labute approximate surface area is 208 Å². The van der Waals surface area contributed by atoms with Crippen LogP contribution in [0.1, 0.15) is 42.2 Å². The van der Waals surface area contributed by atoms with E-state index < -0.39 is 13.1 Å². The first kappa shape index (κ1) is 23.5. The van der Waals surface area contributed by atoms with Gasteiger partial charge in [-0.05, 0) is 36.1 Å². The number of hydrogen-bond donors (Lipinski definition) is 0. The highest BCUT2D eigenvalue weighted by molar-refractivity contribution is 7.60. The first-order valence-corrected chi connectivity index (χ1v) is 13.7. The summed E-state index contributed by atoms with van der Waals surface area (Å²) in [5, 5.41) is 0. The summed E-state index contributed by atoms with van der Waals surface area (Å²) in [5.41, 5.74) is 3.33. The second kappa shape index (κ2) is 9.79. The van der Waals surface area contributed by atoms with E-state index >= 15 is 0 Å². The van der Waals surface area contributed by atoms with E-state index in [9.17, 15) is 4.57 Å². The zero-order valence-corrected chi connectivity index (χ0v) is 21.0. The molecule has 176 valence electrons. The predicted molar refractivity (Wildman–Crippen MR) is 143 cm³/mol. The van der Waals surface area contributed by atoms with Gasteiger partial charge in [0.2, 0.25) is 0 Å². The summed E-state index contributed by atoms with van der Waals surface area (Å²) in [6.45, 7) is 4.03. The maximum absolute atomic E-state index is 14.9. The van der Waals surface area contributed by atoms with Crippen LogP contribution in [0.5, 0.6) is 0 Å². The van der Waals surface area contributed by atoms with Crippen LogP contribution in [0.25, 0.3) is 0 Å². The van der Waals surface area contributed by atoms with Gasteiger partial charge in [0.1, 0.15) is 11.6 Å². The Hall–Kier alpha value is -3.23. The normalized spacial score (nSPS) is 23.0. The van der Waals surface area contributed by atoms with E-state index in [-0.39, 0.29) is 12.1 Å². The molecule has 4 aromatic carbocycles. The molecule has 0 bridgehead atoms. The Kier molecular flexibility index (Phi) is 6.58. The molecule has 0 spiro atoms. The molecular formula is C31H30NO2P. The summed E-state index contributed by atoms with van der Waals surface area (Å²) in [4.78, 5) is 0. The maximum Gasteiger partial charge on any atom is 0.297 e. The second-order valence-electron chi connectivity index (χ2n) is 8.88. The lowest BCUT2D eigenvalue weighted by Gasteiger charge is -2.46. The number of allylic oxidation sites excluding steroid dienone is 1. The van der Waals surface area contributed by atoms with E-state index in [1.54, 1.807) is 5.82 Å². The third-order valence-electron chi connectivity index (χ3n) is 6.77. The highest BCUT2D eigenvalue weighted by Gasteiger charge is 2.58. The van der Waals surface area contributed by atoms with Gasteiger partial charge < -0.3 is 4.52 Å². The average Bonchev–Trinajstić information content (AvgIpc) is 3.18. The third-order valence-corrected chi connectivity index (χ3v) is 9.24. The number of rotatable bonds is 6. The molecule has 4 aromatic rings. The molecule has 3 nitrogen and oxygen atoms in total. The van der Waals surface area contributed by atoms with Gasteiger partial charge in [-0.1, -0.05) is 127 Å². The highest BCUT2D eigenvalue weighted by atomic mass is 31.2. The highest BCUT2D eigenvalue weighted by Crippen LogP contribution is 2.70. The lowest BCUT2D eigenvalue weighted by Crippen LogP contribution is -2.48. The molecule has 0 aliphatic carbocycles. The lowest BCUT2D eigenvalue weighted by molar-refractivity contribution is 0.177. The molecule has 1 aliphatic rings. The standard InChI is InChI=1S/C31H30NO2P/c1-3-24-35(33)32(25(2)30(34-35)26-16-8-4-9-17-26)31(27-18-10-5-11-19-27,28-20-12-6-13-21-28)29-22-14-7-15-23-29/h3-25,30H,1-2H3/b24-3+/t25-,30-,35?/m0/s1. The average molecular weight is 480 g/mol. The van der Waals surface area contributed by atoms with Crippen molar-refractivity contribution in [2.75, 3.05) is 0 Å². The van der Waals surface area contributed by atoms with Crippen molar-refractivity contribution in [3.63, 3.8) is 0 Å². The minimum atomic E-state index is -3.42. The molecule has 0 aromatic heterocycles. The fraction of sp³-hybridized carbons (Fsp3) is 0.161. The minimum Gasteiger partial charge on any atom is -0.305 e. The topological polar surface area (TPSA) is 29.5 Å². The van der Waals surface area contributed by atoms with Crippen LogP contribution >= 0.6 is 7.52 Å². The van der Waals surface area contributed by atoms with Gasteiger partial charge in [0.05, 0.1) is 0 Å². The van der Waals surface area contributed by atoms with E-state index in [1.165, 1.54) is 0 Å². The van der Waals surface area contributed by atoms with Crippen LogP contribution in [0.3, 0.4) is 0 Å². The Balaban J connectivity index is 1.86. The van der Waals surface area contributed by atoms with Gasteiger partial charge in [-0.15, -0.1) is 0 Å². The van der Waals surface area contributed by atoms with Gasteiger partial charge in [0.25, 0.3) is 7.52 Å². The molecule has 4 heteroatoms. The monoisotopic (exact) mass is 479 g/mol. The lowest BCUT2D eigenvalue weighted by atomic mass is 9.76. The summed E-state index contributed by atoms with van der Waals surface area (Å²) in [6.07, 6.45) is 1.51. The summed E-state index contributed by atoms with van der Waals surface area (Å²) in [5.74, 6) is 1.76. The van der Waals surface area contributed by atoms with Crippen molar-refractivity contribution in [2.24, 2.45) is 0 Å². The second-order valence-corrected chi connectivity index (χ2v) is 10.9. The van der Waals surface area contributed by atoms with Crippen LogP contribution in [-0.4, -0.2) is 10.7 Å². The van der Waals surface area contributed by atoms with Crippen molar-refractivity contribution in [2.45, 2.75) is 31.5 Å². The quantitative estimate of drug-likeness (QED) is 0.206. The fourth-order valence-electron chi connectivity index (χ4n) is 5.41. The molecule has 3 atom stereocenters. The van der Waals surface area contributed by atoms with Crippen LogP contribution in [0, 0.1) is 0 Å². The molecule has 1 aliphatic heterocycles. The summed E-state index contributed by atoms with van der Waals surface area (Å²) >= 11 is 0. The van der Waals surface area contributed by atoms with E-state index in [0.29, 0.717) is 0 Å². The Bertz CT molecular complexity index is 1230. The van der Waals surface area contributed by atoms with E-state index in [4.69, 9.17) is 4.52 Å². The number of benzene rings is 4. The first-order chi connectivity index (χ1) is 17.1.